The molecular formula is C16H19ClN4O. The second-order valence-electron chi connectivity index (χ2n) is 5.67. The Balaban J connectivity index is 1.63. The van der Waals surface area contributed by atoms with Gasteiger partial charge in [0.15, 0.2) is 0 Å². The highest BCUT2D eigenvalue weighted by molar-refractivity contribution is 6.32. The first-order chi connectivity index (χ1) is 10.6. The lowest BCUT2D eigenvalue weighted by molar-refractivity contribution is -0.119. The summed E-state index contributed by atoms with van der Waals surface area (Å²) >= 11 is 6.19. The lowest BCUT2D eigenvalue weighted by atomic mass is 10.2. The molecule has 0 spiro atoms. The van der Waals surface area contributed by atoms with Crippen LogP contribution in [0, 0.1) is 0 Å². The molecule has 1 aliphatic rings. The van der Waals surface area contributed by atoms with Crippen LogP contribution in [-0.4, -0.2) is 39.7 Å². The third-order valence-corrected chi connectivity index (χ3v) is 4.14. The van der Waals surface area contributed by atoms with E-state index in [1.165, 1.54) is 0 Å². The van der Waals surface area contributed by atoms with E-state index < -0.39 is 0 Å². The third-order valence-electron chi connectivity index (χ3n) is 3.82. The lowest BCUT2D eigenvalue weighted by Gasteiger charge is -2.15. The number of rotatable bonds is 4. The van der Waals surface area contributed by atoms with Crippen molar-refractivity contribution in [2.75, 3.05) is 13.1 Å². The number of carbonyl (C=O) groups excluding carboxylic acids is 1. The Hall–Kier alpha value is -1.85. The molecule has 0 bridgehead atoms. The number of amides is 1. The van der Waals surface area contributed by atoms with Gasteiger partial charge in [0.2, 0.25) is 5.91 Å². The highest BCUT2D eigenvalue weighted by atomic mass is 35.5. The van der Waals surface area contributed by atoms with Gasteiger partial charge in [0.25, 0.3) is 0 Å². The van der Waals surface area contributed by atoms with Gasteiger partial charge in [0.05, 0.1) is 16.9 Å². The van der Waals surface area contributed by atoms with Gasteiger partial charge < -0.3 is 5.32 Å². The van der Waals surface area contributed by atoms with E-state index in [-0.39, 0.29) is 11.9 Å². The van der Waals surface area contributed by atoms with Crippen LogP contribution < -0.4 is 5.32 Å². The average Bonchev–Trinajstić information content (AvgIpc) is 3.09. The molecule has 0 saturated carbocycles. The molecule has 1 aromatic heterocycles. The first-order valence-corrected chi connectivity index (χ1v) is 7.77. The van der Waals surface area contributed by atoms with Gasteiger partial charge >= 0.3 is 0 Å². The molecule has 2 aromatic rings. The minimum absolute atomic E-state index is 0.0402. The van der Waals surface area contributed by atoms with E-state index in [9.17, 15) is 4.79 Å². The molecule has 1 fully saturated rings. The van der Waals surface area contributed by atoms with Crippen LogP contribution in [0.2, 0.25) is 5.02 Å². The van der Waals surface area contributed by atoms with Crippen LogP contribution in [0.3, 0.4) is 0 Å². The van der Waals surface area contributed by atoms with Crippen molar-refractivity contribution in [3.63, 3.8) is 0 Å². The number of aromatic nitrogens is 2. The van der Waals surface area contributed by atoms with Gasteiger partial charge in [-0.3, -0.25) is 9.69 Å². The Morgan fingerprint density at radius 2 is 2.27 bits per heavy atom. The number of para-hydroxylation sites is 1. The SMILES string of the molecule is CC(=O)N[C@@H]1CCN(Cc2cnn(-c3ccccc3Cl)c2)C1. The van der Waals surface area contributed by atoms with E-state index in [0.29, 0.717) is 5.02 Å². The number of hydrogen-bond acceptors (Lipinski definition) is 3. The van der Waals surface area contributed by atoms with E-state index in [4.69, 9.17) is 11.6 Å². The van der Waals surface area contributed by atoms with Crippen molar-refractivity contribution in [2.45, 2.75) is 25.9 Å². The molecule has 0 unspecified atom stereocenters. The first-order valence-electron chi connectivity index (χ1n) is 7.40. The molecule has 1 saturated heterocycles. The maximum atomic E-state index is 11.1. The maximum Gasteiger partial charge on any atom is 0.217 e. The van der Waals surface area contributed by atoms with E-state index in [1.54, 1.807) is 11.6 Å². The number of benzene rings is 1. The fraction of sp³-hybridized carbons (Fsp3) is 0.375. The number of nitrogens with zero attached hydrogens (tertiary/aromatic N) is 3. The van der Waals surface area contributed by atoms with Crippen LogP contribution >= 0.6 is 11.6 Å². The Morgan fingerprint density at radius 3 is 3.05 bits per heavy atom. The molecule has 1 aromatic carbocycles. The summed E-state index contributed by atoms with van der Waals surface area (Å²) in [6, 6.07) is 7.92. The van der Waals surface area contributed by atoms with Crippen LogP contribution in [0.1, 0.15) is 18.9 Å². The van der Waals surface area contributed by atoms with Crippen LogP contribution in [0.25, 0.3) is 5.69 Å². The monoisotopic (exact) mass is 318 g/mol. The Labute approximate surface area is 134 Å². The molecule has 1 atom stereocenters. The average molecular weight is 319 g/mol. The molecule has 1 aliphatic heterocycles. The van der Waals surface area contributed by atoms with E-state index >= 15 is 0 Å². The van der Waals surface area contributed by atoms with Gasteiger partial charge in [-0.05, 0) is 18.6 Å². The number of hydrogen-bond donors (Lipinski definition) is 1. The fourth-order valence-electron chi connectivity index (χ4n) is 2.85. The van der Waals surface area contributed by atoms with Crippen LogP contribution in [0.15, 0.2) is 36.7 Å². The summed E-state index contributed by atoms with van der Waals surface area (Å²) in [7, 11) is 0. The van der Waals surface area contributed by atoms with Crippen molar-refractivity contribution < 1.29 is 4.79 Å². The van der Waals surface area contributed by atoms with Crippen molar-refractivity contribution in [3.8, 4) is 5.69 Å². The zero-order valence-electron chi connectivity index (χ0n) is 12.5. The van der Waals surface area contributed by atoms with Crippen LogP contribution in [0.4, 0.5) is 0 Å². The van der Waals surface area contributed by atoms with Crippen molar-refractivity contribution in [3.05, 3.63) is 47.2 Å². The van der Waals surface area contributed by atoms with Crippen LogP contribution in [-0.2, 0) is 11.3 Å². The molecule has 22 heavy (non-hydrogen) atoms. The van der Waals surface area contributed by atoms with Gasteiger partial charge in [-0.15, -0.1) is 0 Å². The Morgan fingerprint density at radius 1 is 1.45 bits per heavy atom. The van der Waals surface area contributed by atoms with Gasteiger partial charge in [-0.1, -0.05) is 23.7 Å². The van der Waals surface area contributed by atoms with Gasteiger partial charge in [-0.2, -0.15) is 5.10 Å². The van der Waals surface area contributed by atoms with Crippen molar-refractivity contribution in [2.24, 2.45) is 0 Å². The summed E-state index contributed by atoms with van der Waals surface area (Å²) in [4.78, 5) is 13.4. The number of carbonyl (C=O) groups is 1. The summed E-state index contributed by atoms with van der Waals surface area (Å²) < 4.78 is 1.80. The summed E-state index contributed by atoms with van der Waals surface area (Å²) in [5.74, 6) is 0.0402. The van der Waals surface area contributed by atoms with E-state index in [2.05, 4.69) is 15.3 Å². The minimum Gasteiger partial charge on any atom is -0.352 e. The molecule has 3 rings (SSSR count). The van der Waals surface area contributed by atoms with Crippen molar-refractivity contribution >= 4 is 17.5 Å². The van der Waals surface area contributed by atoms with Crippen molar-refractivity contribution in [1.82, 2.24) is 20.0 Å². The summed E-state index contributed by atoms with van der Waals surface area (Å²) in [6.07, 6.45) is 4.88. The molecule has 116 valence electrons. The largest absolute Gasteiger partial charge is 0.352 e. The molecule has 1 N–H and O–H groups in total. The zero-order chi connectivity index (χ0) is 15.5. The molecular weight excluding hydrogens is 300 g/mol. The third kappa shape index (κ3) is 3.48. The molecule has 1 amide bonds. The maximum absolute atomic E-state index is 11.1. The van der Waals surface area contributed by atoms with Gasteiger partial charge in [-0.25, -0.2) is 4.68 Å². The summed E-state index contributed by atoms with van der Waals surface area (Å²) in [6.45, 7) is 4.27. The minimum atomic E-state index is 0.0402. The lowest BCUT2D eigenvalue weighted by Crippen LogP contribution is -2.35. The summed E-state index contributed by atoms with van der Waals surface area (Å²) in [5, 5.41) is 8.05. The molecule has 2 heterocycles. The first kappa shape index (κ1) is 15.1. The second-order valence-corrected chi connectivity index (χ2v) is 6.07. The number of nitrogens with one attached hydrogen (secondary N) is 1. The number of halogens is 1. The quantitative estimate of drug-likeness (QED) is 0.940. The highest BCUT2D eigenvalue weighted by Gasteiger charge is 2.23. The van der Waals surface area contributed by atoms with Gasteiger partial charge in [0.1, 0.15) is 0 Å². The Bertz CT molecular complexity index is 670. The molecule has 0 radical (unpaired) electrons. The van der Waals surface area contributed by atoms with E-state index in [0.717, 1.165) is 37.3 Å². The fourth-order valence-corrected chi connectivity index (χ4v) is 3.07. The highest BCUT2D eigenvalue weighted by Crippen LogP contribution is 2.20. The normalized spacial score (nSPS) is 18.5. The van der Waals surface area contributed by atoms with Gasteiger partial charge in [0, 0.05) is 44.4 Å². The van der Waals surface area contributed by atoms with E-state index in [1.807, 2.05) is 36.7 Å². The number of likely N-dealkylation sites (tertiary alicyclic amines) is 1. The second kappa shape index (κ2) is 6.50. The molecule has 0 aliphatic carbocycles. The molecule has 5 nitrogen and oxygen atoms in total. The smallest absolute Gasteiger partial charge is 0.217 e. The predicted octanol–water partition coefficient (Wildman–Crippen LogP) is 2.24. The predicted molar refractivity (Wildman–Crippen MR) is 86.1 cm³/mol. The standard InChI is InChI=1S/C16H19ClN4O/c1-12(22)19-14-6-7-20(11-14)9-13-8-18-21(10-13)16-5-3-2-4-15(16)17/h2-5,8,10,14H,6-7,9,11H2,1H3,(H,19,22)/t14-/m1/s1. The van der Waals surface area contributed by atoms with Crippen LogP contribution in [0.5, 0.6) is 0 Å². The Kier molecular flexibility index (Phi) is 4.45. The molecule has 6 heteroatoms. The zero-order valence-corrected chi connectivity index (χ0v) is 13.3. The topological polar surface area (TPSA) is 50.2 Å². The summed E-state index contributed by atoms with van der Waals surface area (Å²) in [5.41, 5.74) is 2.02. The van der Waals surface area contributed by atoms with Crippen molar-refractivity contribution in [1.29, 1.82) is 0 Å².